The van der Waals surface area contributed by atoms with Gasteiger partial charge in [0.1, 0.15) is 5.82 Å². The average molecular weight is 508 g/mol. The number of carbonyl (C=O) groups is 1. The Bertz CT molecular complexity index is 1620. The van der Waals surface area contributed by atoms with Crippen LogP contribution in [0.1, 0.15) is 21.5 Å². The van der Waals surface area contributed by atoms with Gasteiger partial charge in [0.25, 0.3) is 5.91 Å². The molecule has 9 heteroatoms. The highest BCUT2D eigenvalue weighted by Gasteiger charge is 2.28. The first-order valence-corrected chi connectivity index (χ1v) is 13.3. The van der Waals surface area contributed by atoms with Gasteiger partial charge in [0, 0.05) is 25.2 Å². The number of halogens is 1. The molecule has 2 heterocycles. The van der Waals surface area contributed by atoms with Crippen molar-refractivity contribution in [2.24, 2.45) is 4.99 Å². The molecule has 1 amide bonds. The molecule has 35 heavy (non-hydrogen) atoms. The van der Waals surface area contributed by atoms with Crippen LogP contribution in [0.3, 0.4) is 0 Å². The normalized spacial score (nSPS) is 14.7. The Hall–Kier alpha value is -3.40. The van der Waals surface area contributed by atoms with Crippen molar-refractivity contribution < 1.29 is 17.6 Å². The van der Waals surface area contributed by atoms with Crippen LogP contribution in [0, 0.1) is 5.82 Å². The smallest absolute Gasteiger partial charge is 0.279 e. The molecule has 1 aliphatic heterocycles. The molecule has 0 saturated carbocycles. The van der Waals surface area contributed by atoms with Crippen LogP contribution in [0.15, 0.2) is 89.3 Å². The van der Waals surface area contributed by atoms with Gasteiger partial charge in [0.05, 0.1) is 15.1 Å². The molecule has 0 radical (unpaired) electrons. The van der Waals surface area contributed by atoms with E-state index < -0.39 is 15.9 Å². The number of hydrogen-bond donors (Lipinski definition) is 0. The summed E-state index contributed by atoms with van der Waals surface area (Å²) in [5.74, 6) is -0.873. The number of amides is 1. The predicted molar refractivity (Wildman–Crippen MR) is 134 cm³/mol. The zero-order valence-electron chi connectivity index (χ0n) is 18.7. The molecule has 1 aromatic heterocycles. The predicted octanol–water partition coefficient (Wildman–Crippen LogP) is 4.52. The number of thiazole rings is 1. The Morgan fingerprint density at radius 1 is 1.09 bits per heavy atom. The summed E-state index contributed by atoms with van der Waals surface area (Å²) in [6.45, 7) is 4.89. The maximum absolute atomic E-state index is 13.7. The van der Waals surface area contributed by atoms with Crippen LogP contribution < -0.4 is 4.80 Å². The number of hydrogen-bond acceptors (Lipinski definition) is 4. The van der Waals surface area contributed by atoms with Crippen LogP contribution in [0.4, 0.5) is 4.39 Å². The number of nitrogens with zero attached hydrogens (tertiary/aromatic N) is 3. The average Bonchev–Trinajstić information content (AvgIpc) is 3.19. The minimum Gasteiger partial charge on any atom is -0.312 e. The van der Waals surface area contributed by atoms with Crippen molar-refractivity contribution >= 4 is 37.5 Å². The van der Waals surface area contributed by atoms with E-state index in [0.29, 0.717) is 35.6 Å². The van der Waals surface area contributed by atoms with Gasteiger partial charge in [-0.2, -0.15) is 9.30 Å². The number of rotatable bonds is 5. The number of benzene rings is 3. The lowest BCUT2D eigenvalue weighted by atomic mass is 10.0. The van der Waals surface area contributed by atoms with Gasteiger partial charge in [-0.05, 0) is 60.0 Å². The third-order valence-electron chi connectivity index (χ3n) is 5.99. The first-order valence-electron chi connectivity index (χ1n) is 11.0. The van der Waals surface area contributed by atoms with Crippen molar-refractivity contribution in [1.29, 1.82) is 0 Å². The standard InChI is InChI=1S/C26H22FN3O3S2/c1-2-14-30-23-12-9-21(27)16-24(23)34-26(30)28-25(31)19-7-10-22(11-8-19)35(32,33)29-15-13-18-5-3-4-6-20(18)17-29/h2-12,16H,1,13-15,17H2. The van der Waals surface area contributed by atoms with E-state index in [1.165, 1.54) is 57.6 Å². The first kappa shape index (κ1) is 23.3. The van der Waals surface area contributed by atoms with Gasteiger partial charge in [0.15, 0.2) is 4.80 Å². The van der Waals surface area contributed by atoms with Crippen molar-refractivity contribution in [1.82, 2.24) is 8.87 Å². The monoisotopic (exact) mass is 507 g/mol. The maximum Gasteiger partial charge on any atom is 0.279 e. The molecule has 0 atom stereocenters. The number of fused-ring (bicyclic) bond motifs is 2. The largest absolute Gasteiger partial charge is 0.312 e. The molecule has 0 spiro atoms. The summed E-state index contributed by atoms with van der Waals surface area (Å²) in [6.07, 6.45) is 2.34. The number of carbonyl (C=O) groups excluding carboxylic acids is 1. The molecule has 0 bridgehead atoms. The van der Waals surface area contributed by atoms with Crippen molar-refractivity contribution in [2.45, 2.75) is 24.4 Å². The van der Waals surface area contributed by atoms with E-state index in [1.807, 2.05) is 24.3 Å². The molecule has 6 nitrogen and oxygen atoms in total. The van der Waals surface area contributed by atoms with E-state index in [1.54, 1.807) is 16.7 Å². The lowest BCUT2D eigenvalue weighted by Gasteiger charge is -2.28. The summed E-state index contributed by atoms with van der Waals surface area (Å²) >= 11 is 1.21. The number of aromatic nitrogens is 1. The maximum atomic E-state index is 13.7. The fourth-order valence-corrected chi connectivity index (χ4v) is 6.66. The SMILES string of the molecule is C=CCn1c(=NC(=O)c2ccc(S(=O)(=O)N3CCc4ccccc4C3)cc2)sc2cc(F)ccc21. The zero-order chi connectivity index (χ0) is 24.6. The number of allylic oxidation sites excluding steroid dienone is 1. The molecule has 0 aliphatic carbocycles. The quantitative estimate of drug-likeness (QED) is 0.373. The van der Waals surface area contributed by atoms with Crippen molar-refractivity contribution in [3.8, 4) is 0 Å². The van der Waals surface area contributed by atoms with Crippen molar-refractivity contribution in [3.63, 3.8) is 0 Å². The molecule has 0 saturated heterocycles. The van der Waals surface area contributed by atoms with Gasteiger partial charge in [-0.1, -0.05) is 41.7 Å². The summed E-state index contributed by atoms with van der Waals surface area (Å²) in [7, 11) is -3.70. The van der Waals surface area contributed by atoms with E-state index in [2.05, 4.69) is 11.6 Å². The summed E-state index contributed by atoms with van der Waals surface area (Å²) in [6, 6.07) is 18.1. The van der Waals surface area contributed by atoms with Crippen LogP contribution >= 0.6 is 11.3 Å². The highest BCUT2D eigenvalue weighted by Crippen LogP contribution is 2.25. The Labute approximate surface area is 206 Å². The van der Waals surface area contributed by atoms with Gasteiger partial charge in [-0.25, -0.2) is 12.8 Å². The van der Waals surface area contributed by atoms with Gasteiger partial charge in [-0.3, -0.25) is 4.79 Å². The van der Waals surface area contributed by atoms with Crippen LogP contribution in [0.5, 0.6) is 0 Å². The van der Waals surface area contributed by atoms with Crippen LogP contribution in [0.25, 0.3) is 10.2 Å². The summed E-state index contributed by atoms with van der Waals surface area (Å²) in [5, 5.41) is 0. The summed E-state index contributed by atoms with van der Waals surface area (Å²) in [4.78, 5) is 17.7. The third kappa shape index (κ3) is 4.50. The Kier molecular flexibility index (Phi) is 6.22. The second-order valence-corrected chi connectivity index (χ2v) is 11.1. The second-order valence-electron chi connectivity index (χ2n) is 8.19. The van der Waals surface area contributed by atoms with E-state index >= 15 is 0 Å². The highest BCUT2D eigenvalue weighted by molar-refractivity contribution is 7.89. The topological polar surface area (TPSA) is 71.7 Å². The lowest BCUT2D eigenvalue weighted by Crippen LogP contribution is -2.35. The van der Waals surface area contributed by atoms with Gasteiger partial charge < -0.3 is 4.57 Å². The van der Waals surface area contributed by atoms with E-state index in [0.717, 1.165) is 11.1 Å². The van der Waals surface area contributed by atoms with Crippen LogP contribution in [0.2, 0.25) is 0 Å². The molecule has 178 valence electrons. The molecule has 5 rings (SSSR count). The van der Waals surface area contributed by atoms with E-state index in [-0.39, 0.29) is 16.3 Å². The summed E-state index contributed by atoms with van der Waals surface area (Å²) < 4.78 is 44.0. The molecule has 4 aromatic rings. The van der Waals surface area contributed by atoms with Crippen molar-refractivity contribution in [3.05, 3.63) is 107 Å². The van der Waals surface area contributed by atoms with Crippen molar-refractivity contribution in [2.75, 3.05) is 6.54 Å². The molecule has 1 aliphatic rings. The van der Waals surface area contributed by atoms with Crippen LogP contribution in [-0.4, -0.2) is 29.7 Å². The second kappa shape index (κ2) is 9.33. The fourth-order valence-electron chi connectivity index (χ4n) is 4.18. The third-order valence-corrected chi connectivity index (χ3v) is 8.89. The summed E-state index contributed by atoms with van der Waals surface area (Å²) in [5.41, 5.74) is 3.19. The lowest BCUT2D eigenvalue weighted by molar-refractivity contribution is 0.0997. The molecular formula is C26H22FN3O3S2. The van der Waals surface area contributed by atoms with Crippen LogP contribution in [-0.2, 0) is 29.5 Å². The highest BCUT2D eigenvalue weighted by atomic mass is 32.2. The fraction of sp³-hybridized carbons (Fsp3) is 0.154. The molecule has 0 N–H and O–H groups in total. The Morgan fingerprint density at radius 2 is 1.83 bits per heavy atom. The molecule has 0 unspecified atom stereocenters. The molecule has 0 fully saturated rings. The van der Waals surface area contributed by atoms with Gasteiger partial charge >= 0.3 is 0 Å². The van der Waals surface area contributed by atoms with E-state index in [4.69, 9.17) is 0 Å². The van der Waals surface area contributed by atoms with Gasteiger partial charge in [0.2, 0.25) is 10.0 Å². The van der Waals surface area contributed by atoms with Gasteiger partial charge in [-0.15, -0.1) is 6.58 Å². The Balaban J connectivity index is 1.42. The minimum absolute atomic E-state index is 0.132. The molecular weight excluding hydrogens is 485 g/mol. The molecule has 3 aromatic carbocycles. The van der Waals surface area contributed by atoms with E-state index in [9.17, 15) is 17.6 Å². The Morgan fingerprint density at radius 3 is 2.57 bits per heavy atom. The number of sulfonamides is 1. The minimum atomic E-state index is -3.70. The zero-order valence-corrected chi connectivity index (χ0v) is 20.4. The first-order chi connectivity index (χ1) is 16.9.